The van der Waals surface area contributed by atoms with Gasteiger partial charge in [0.2, 0.25) is 0 Å². The average Bonchev–Trinajstić information content (AvgIpc) is 1.97. The Bertz CT molecular complexity index is 136. The lowest BCUT2D eigenvalue weighted by Crippen LogP contribution is -2.14. The summed E-state index contributed by atoms with van der Waals surface area (Å²) in [6, 6.07) is 0. The van der Waals surface area contributed by atoms with E-state index in [9.17, 15) is 9.59 Å². The van der Waals surface area contributed by atoms with Crippen LogP contribution in [0, 0.1) is 5.92 Å². The molecule has 3 nitrogen and oxygen atoms in total. The molecule has 0 radical (unpaired) electrons. The van der Waals surface area contributed by atoms with Crippen molar-refractivity contribution in [2.75, 3.05) is 12.0 Å². The molecule has 64 valence electrons. The van der Waals surface area contributed by atoms with Crippen LogP contribution in [0.1, 0.15) is 12.8 Å². The smallest absolute Gasteiger partial charge is 0.306 e. The summed E-state index contributed by atoms with van der Waals surface area (Å²) >= 11 is 1.59. The third-order valence-corrected chi connectivity index (χ3v) is 2.04. The van der Waals surface area contributed by atoms with Crippen LogP contribution >= 0.6 is 11.8 Å². The molecule has 0 amide bonds. The molecule has 1 N–H and O–H groups in total. The van der Waals surface area contributed by atoms with Crippen LogP contribution in [-0.4, -0.2) is 29.4 Å². The first-order valence-electron chi connectivity index (χ1n) is 3.37. The molecule has 0 bridgehead atoms. The summed E-state index contributed by atoms with van der Waals surface area (Å²) in [7, 11) is 0. The van der Waals surface area contributed by atoms with Gasteiger partial charge in [-0.05, 0) is 18.4 Å². The van der Waals surface area contributed by atoms with Crippen LogP contribution in [0.5, 0.6) is 0 Å². The molecule has 0 unspecified atom stereocenters. The van der Waals surface area contributed by atoms with E-state index in [4.69, 9.17) is 5.11 Å². The number of aldehydes is 1. The largest absolute Gasteiger partial charge is 0.481 e. The minimum Gasteiger partial charge on any atom is -0.481 e. The maximum Gasteiger partial charge on any atom is 0.306 e. The van der Waals surface area contributed by atoms with Gasteiger partial charge in [0.1, 0.15) is 6.29 Å². The number of thioether (sulfide) groups is 1. The Morgan fingerprint density at radius 3 is 2.73 bits per heavy atom. The van der Waals surface area contributed by atoms with Gasteiger partial charge >= 0.3 is 5.97 Å². The highest BCUT2D eigenvalue weighted by molar-refractivity contribution is 7.98. The summed E-state index contributed by atoms with van der Waals surface area (Å²) in [4.78, 5) is 20.4. The Morgan fingerprint density at radius 2 is 2.36 bits per heavy atom. The summed E-state index contributed by atoms with van der Waals surface area (Å²) < 4.78 is 0. The minimum absolute atomic E-state index is 0.135. The second kappa shape index (κ2) is 6.22. The van der Waals surface area contributed by atoms with Gasteiger partial charge in [0.25, 0.3) is 0 Å². The molecule has 0 heterocycles. The third kappa shape index (κ3) is 4.84. The lowest BCUT2D eigenvalue weighted by molar-refractivity contribution is -0.142. The lowest BCUT2D eigenvalue weighted by Gasteiger charge is -2.06. The Balaban J connectivity index is 3.69. The van der Waals surface area contributed by atoms with E-state index >= 15 is 0 Å². The highest BCUT2D eigenvalue weighted by atomic mass is 32.2. The first-order valence-corrected chi connectivity index (χ1v) is 4.77. The zero-order valence-electron chi connectivity index (χ0n) is 6.45. The summed E-state index contributed by atoms with van der Waals surface area (Å²) in [6.07, 6.45) is 3.30. The molecule has 4 heteroatoms. The van der Waals surface area contributed by atoms with Crippen LogP contribution in [0.4, 0.5) is 0 Å². The highest BCUT2D eigenvalue weighted by Gasteiger charge is 2.15. The van der Waals surface area contributed by atoms with Gasteiger partial charge in [-0.2, -0.15) is 11.8 Å². The molecule has 0 aliphatic heterocycles. The molecule has 1 atom stereocenters. The number of aliphatic carboxylic acids is 1. The fraction of sp³-hybridized carbons (Fsp3) is 0.714. The summed E-state index contributed by atoms with van der Waals surface area (Å²) in [6.45, 7) is 0. The van der Waals surface area contributed by atoms with Gasteiger partial charge in [0.15, 0.2) is 0 Å². The van der Waals surface area contributed by atoms with Crippen molar-refractivity contribution in [1.29, 1.82) is 0 Å². The molecule has 0 fully saturated rings. The van der Waals surface area contributed by atoms with Gasteiger partial charge in [-0.25, -0.2) is 0 Å². The third-order valence-electron chi connectivity index (χ3n) is 1.40. The van der Waals surface area contributed by atoms with Gasteiger partial charge in [-0.3, -0.25) is 4.79 Å². The number of rotatable bonds is 6. The Kier molecular flexibility index (Phi) is 5.93. The average molecular weight is 176 g/mol. The van der Waals surface area contributed by atoms with Crippen LogP contribution in [0.3, 0.4) is 0 Å². The number of carbonyl (C=O) groups is 2. The number of hydrogen-bond donors (Lipinski definition) is 1. The summed E-state index contributed by atoms with van der Waals surface area (Å²) in [5.41, 5.74) is 0. The predicted molar refractivity (Wildman–Crippen MR) is 44.8 cm³/mol. The van der Waals surface area contributed by atoms with Crippen molar-refractivity contribution < 1.29 is 14.7 Å². The highest BCUT2D eigenvalue weighted by Crippen LogP contribution is 2.10. The maximum atomic E-state index is 10.4. The lowest BCUT2D eigenvalue weighted by atomic mass is 10.0. The second-order valence-corrected chi connectivity index (χ2v) is 3.20. The molecule has 11 heavy (non-hydrogen) atoms. The number of hydrogen-bond acceptors (Lipinski definition) is 3. The van der Waals surface area contributed by atoms with E-state index < -0.39 is 11.9 Å². The standard InChI is InChI=1S/C7H12O3S/c1-11-5-3-6(2-4-8)7(9)10/h4,6H,2-3,5H2,1H3,(H,9,10)/t6-/m0/s1. The SMILES string of the molecule is CSCC[C@H](CC=O)C(=O)O. The van der Waals surface area contributed by atoms with Gasteiger partial charge in [0, 0.05) is 6.42 Å². The van der Waals surface area contributed by atoms with Crippen LogP contribution in [0.25, 0.3) is 0 Å². The fourth-order valence-corrected chi connectivity index (χ4v) is 1.24. The molecule has 0 saturated heterocycles. The van der Waals surface area contributed by atoms with Gasteiger partial charge in [0.05, 0.1) is 5.92 Å². The second-order valence-electron chi connectivity index (χ2n) is 2.22. The molecule has 0 spiro atoms. The number of carboxylic acids is 1. The Labute approximate surface area is 70.2 Å². The molecule has 0 aliphatic carbocycles. The molecule has 0 saturated carbocycles. The predicted octanol–water partition coefficient (Wildman–Crippen LogP) is 1.03. The first kappa shape index (κ1) is 10.5. The van der Waals surface area contributed by atoms with Crippen molar-refractivity contribution in [1.82, 2.24) is 0 Å². The van der Waals surface area contributed by atoms with Crippen LogP contribution < -0.4 is 0 Å². The zero-order valence-corrected chi connectivity index (χ0v) is 7.26. The van der Waals surface area contributed by atoms with Gasteiger partial charge in [-0.1, -0.05) is 0 Å². The molecule has 0 rings (SSSR count). The molecule has 0 aromatic rings. The monoisotopic (exact) mass is 176 g/mol. The minimum atomic E-state index is -0.869. The summed E-state index contributed by atoms with van der Waals surface area (Å²) in [5.74, 6) is -0.559. The van der Waals surface area contributed by atoms with E-state index in [0.717, 1.165) is 5.75 Å². The molecular weight excluding hydrogens is 164 g/mol. The van der Waals surface area contributed by atoms with Crippen molar-refractivity contribution in [3.8, 4) is 0 Å². The van der Waals surface area contributed by atoms with E-state index in [-0.39, 0.29) is 6.42 Å². The maximum absolute atomic E-state index is 10.4. The van der Waals surface area contributed by atoms with Crippen LogP contribution in [-0.2, 0) is 9.59 Å². The van der Waals surface area contributed by atoms with Crippen molar-refractivity contribution in [2.24, 2.45) is 5.92 Å². The first-order chi connectivity index (χ1) is 5.22. The van der Waals surface area contributed by atoms with E-state index in [1.165, 1.54) is 0 Å². The van der Waals surface area contributed by atoms with E-state index in [0.29, 0.717) is 12.7 Å². The summed E-state index contributed by atoms with van der Waals surface area (Å²) in [5, 5.41) is 8.56. The van der Waals surface area contributed by atoms with Crippen LogP contribution in [0.2, 0.25) is 0 Å². The van der Waals surface area contributed by atoms with Crippen molar-refractivity contribution in [2.45, 2.75) is 12.8 Å². The number of carboxylic acid groups (broad SMARTS) is 1. The van der Waals surface area contributed by atoms with Crippen molar-refractivity contribution in [3.63, 3.8) is 0 Å². The van der Waals surface area contributed by atoms with Crippen molar-refractivity contribution >= 4 is 24.0 Å². The molecule has 0 aromatic heterocycles. The van der Waals surface area contributed by atoms with E-state index in [1.54, 1.807) is 11.8 Å². The van der Waals surface area contributed by atoms with E-state index in [1.807, 2.05) is 6.26 Å². The number of carbonyl (C=O) groups excluding carboxylic acids is 1. The van der Waals surface area contributed by atoms with Gasteiger partial charge in [-0.15, -0.1) is 0 Å². The topological polar surface area (TPSA) is 54.4 Å². The molecule has 0 aromatic carbocycles. The van der Waals surface area contributed by atoms with Crippen molar-refractivity contribution in [3.05, 3.63) is 0 Å². The van der Waals surface area contributed by atoms with Gasteiger partial charge < -0.3 is 9.90 Å². The molecular formula is C7H12O3S. The molecule has 0 aliphatic rings. The van der Waals surface area contributed by atoms with E-state index in [2.05, 4.69) is 0 Å². The quantitative estimate of drug-likeness (QED) is 0.614. The Morgan fingerprint density at radius 1 is 1.73 bits per heavy atom. The normalized spacial score (nSPS) is 12.5. The van der Waals surface area contributed by atoms with Crippen LogP contribution in [0.15, 0.2) is 0 Å². The fourth-order valence-electron chi connectivity index (χ4n) is 0.718. The Hall–Kier alpha value is -0.510. The zero-order chi connectivity index (χ0) is 8.69.